The number of ether oxygens (including phenoxy) is 1. The van der Waals surface area contributed by atoms with Crippen LogP contribution in [-0.2, 0) is 4.74 Å². The molecule has 1 fully saturated rings. The lowest BCUT2D eigenvalue weighted by atomic mass is 10.2. The van der Waals surface area contributed by atoms with Gasteiger partial charge >= 0.3 is 6.09 Å². The molecule has 84 valence electrons. The van der Waals surface area contributed by atoms with Crippen molar-refractivity contribution >= 4 is 17.9 Å². The van der Waals surface area contributed by atoms with Crippen molar-refractivity contribution in [2.45, 2.75) is 32.4 Å². The predicted octanol–water partition coefficient (Wildman–Crippen LogP) is 1.86. The van der Waals surface area contributed by atoms with Gasteiger partial charge in [-0.05, 0) is 20.8 Å². The number of thioether (sulfide) groups is 1. The van der Waals surface area contributed by atoms with Gasteiger partial charge in [0, 0.05) is 11.5 Å². The molecule has 15 heavy (non-hydrogen) atoms. The number of nitrogens with zero attached hydrogens (tertiary/aromatic N) is 2. The first-order valence-corrected chi connectivity index (χ1v) is 6.04. The van der Waals surface area contributed by atoms with Gasteiger partial charge in [-0.2, -0.15) is 17.0 Å². The van der Waals surface area contributed by atoms with Gasteiger partial charge in [-0.15, -0.1) is 0 Å². The average Bonchev–Trinajstić information content (AvgIpc) is 1.96. The highest BCUT2D eigenvalue weighted by Gasteiger charge is 2.32. The maximum Gasteiger partial charge on any atom is 0.411 e. The molecule has 0 unspecified atom stereocenters. The molecule has 1 saturated heterocycles. The summed E-state index contributed by atoms with van der Waals surface area (Å²) in [7, 11) is 0. The second kappa shape index (κ2) is 4.75. The highest BCUT2D eigenvalue weighted by Crippen LogP contribution is 2.24. The van der Waals surface area contributed by atoms with E-state index in [1.54, 1.807) is 11.8 Å². The highest BCUT2D eigenvalue weighted by molar-refractivity contribution is 8.00. The summed E-state index contributed by atoms with van der Waals surface area (Å²) in [4.78, 5) is 13.2. The van der Waals surface area contributed by atoms with Crippen LogP contribution in [0.2, 0.25) is 0 Å². The molecule has 0 aromatic heterocycles. The molecule has 1 heterocycles. The molecular formula is C10H16N2O2S. The summed E-state index contributed by atoms with van der Waals surface area (Å²) >= 11 is 1.78. The minimum absolute atomic E-state index is 0.111. The zero-order valence-electron chi connectivity index (χ0n) is 9.32. The first-order chi connectivity index (χ1) is 6.94. The van der Waals surface area contributed by atoms with E-state index in [9.17, 15) is 4.79 Å². The third kappa shape index (κ3) is 3.63. The van der Waals surface area contributed by atoms with Crippen LogP contribution >= 0.6 is 11.8 Å². The Morgan fingerprint density at radius 1 is 1.60 bits per heavy atom. The molecule has 1 aliphatic rings. The Balaban J connectivity index is 2.55. The second-order valence-corrected chi connectivity index (χ2v) is 5.53. The van der Waals surface area contributed by atoms with Crippen LogP contribution in [0.4, 0.5) is 4.79 Å². The Morgan fingerprint density at radius 3 is 2.53 bits per heavy atom. The molecule has 0 radical (unpaired) electrons. The van der Waals surface area contributed by atoms with E-state index in [-0.39, 0.29) is 18.7 Å². The van der Waals surface area contributed by atoms with E-state index >= 15 is 0 Å². The Morgan fingerprint density at radius 2 is 2.20 bits per heavy atom. The average molecular weight is 228 g/mol. The van der Waals surface area contributed by atoms with E-state index in [1.165, 1.54) is 4.90 Å². The first-order valence-electron chi connectivity index (χ1n) is 4.88. The van der Waals surface area contributed by atoms with Gasteiger partial charge in [0.25, 0.3) is 0 Å². The van der Waals surface area contributed by atoms with Crippen LogP contribution in [0.3, 0.4) is 0 Å². The summed E-state index contributed by atoms with van der Waals surface area (Å²) in [5.41, 5.74) is -0.498. The Labute approximate surface area is 94.6 Å². The standard InChI is InChI=1S/C10H16N2O2S/c1-10(2,3)14-9(13)12(5-4-11)8-6-15-7-8/h8H,5-7H2,1-3H3. The van der Waals surface area contributed by atoms with Gasteiger partial charge in [0.1, 0.15) is 12.1 Å². The lowest BCUT2D eigenvalue weighted by molar-refractivity contribution is 0.0219. The molecule has 0 bridgehead atoms. The summed E-state index contributed by atoms with van der Waals surface area (Å²) in [6, 6.07) is 2.17. The van der Waals surface area contributed by atoms with Crippen LogP contribution in [0, 0.1) is 11.3 Å². The molecule has 5 heteroatoms. The number of carbonyl (C=O) groups excluding carboxylic acids is 1. The molecule has 0 aromatic rings. The molecule has 4 nitrogen and oxygen atoms in total. The Kier molecular flexibility index (Phi) is 3.86. The number of carbonyl (C=O) groups is 1. The molecule has 1 rings (SSSR count). The normalized spacial score (nSPS) is 16.4. The number of hydrogen-bond acceptors (Lipinski definition) is 4. The van der Waals surface area contributed by atoms with Crippen molar-refractivity contribution in [1.29, 1.82) is 5.26 Å². The van der Waals surface area contributed by atoms with Crippen molar-refractivity contribution < 1.29 is 9.53 Å². The lowest BCUT2D eigenvalue weighted by Crippen LogP contribution is -2.49. The zero-order chi connectivity index (χ0) is 11.5. The minimum Gasteiger partial charge on any atom is -0.444 e. The van der Waals surface area contributed by atoms with Gasteiger partial charge in [-0.3, -0.25) is 4.90 Å². The van der Waals surface area contributed by atoms with Crippen LogP contribution in [0.5, 0.6) is 0 Å². The maximum absolute atomic E-state index is 11.7. The quantitative estimate of drug-likeness (QED) is 0.677. The highest BCUT2D eigenvalue weighted by atomic mass is 32.2. The fourth-order valence-corrected chi connectivity index (χ4v) is 1.95. The summed E-state index contributed by atoms with van der Waals surface area (Å²) < 4.78 is 5.24. The van der Waals surface area contributed by atoms with Crippen LogP contribution in [0.1, 0.15) is 20.8 Å². The molecule has 0 spiro atoms. The van der Waals surface area contributed by atoms with E-state index in [4.69, 9.17) is 10.00 Å². The first kappa shape index (κ1) is 12.2. The molecule has 0 atom stereocenters. The molecule has 0 N–H and O–H groups in total. The predicted molar refractivity (Wildman–Crippen MR) is 59.7 cm³/mol. The van der Waals surface area contributed by atoms with Gasteiger partial charge in [0.15, 0.2) is 0 Å². The number of amides is 1. The van der Waals surface area contributed by atoms with Crippen LogP contribution in [0.25, 0.3) is 0 Å². The third-order valence-corrected chi connectivity index (χ3v) is 3.17. The fraction of sp³-hybridized carbons (Fsp3) is 0.800. The third-order valence-electron chi connectivity index (χ3n) is 1.93. The second-order valence-electron chi connectivity index (χ2n) is 4.46. The van der Waals surface area contributed by atoms with Crippen molar-refractivity contribution in [1.82, 2.24) is 4.90 Å². The largest absolute Gasteiger partial charge is 0.444 e. The number of rotatable bonds is 2. The monoisotopic (exact) mass is 228 g/mol. The number of nitriles is 1. The summed E-state index contributed by atoms with van der Waals surface area (Å²) in [5.74, 6) is 1.81. The Bertz CT molecular complexity index is 276. The smallest absolute Gasteiger partial charge is 0.411 e. The fourth-order valence-electron chi connectivity index (χ4n) is 1.14. The molecular weight excluding hydrogens is 212 g/mol. The van der Waals surface area contributed by atoms with Crippen molar-refractivity contribution in [3.8, 4) is 6.07 Å². The van der Waals surface area contributed by atoms with Gasteiger partial charge < -0.3 is 4.74 Å². The molecule has 0 saturated carbocycles. The van der Waals surface area contributed by atoms with Gasteiger partial charge in [-0.25, -0.2) is 4.79 Å². The number of hydrogen-bond donors (Lipinski definition) is 0. The van der Waals surface area contributed by atoms with E-state index in [0.717, 1.165) is 11.5 Å². The Hall–Kier alpha value is -0.890. The lowest BCUT2D eigenvalue weighted by Gasteiger charge is -2.36. The molecule has 1 amide bonds. The van der Waals surface area contributed by atoms with Gasteiger partial charge in [0.2, 0.25) is 0 Å². The molecule has 0 aromatic carbocycles. The van der Waals surface area contributed by atoms with Crippen molar-refractivity contribution in [3.05, 3.63) is 0 Å². The maximum atomic E-state index is 11.7. The molecule has 0 aliphatic carbocycles. The van der Waals surface area contributed by atoms with E-state index in [0.29, 0.717) is 0 Å². The SMILES string of the molecule is CC(C)(C)OC(=O)N(CC#N)C1CSC1. The summed E-state index contributed by atoms with van der Waals surface area (Å²) in [6.45, 7) is 5.58. The summed E-state index contributed by atoms with van der Waals surface area (Å²) in [5, 5.41) is 8.65. The van der Waals surface area contributed by atoms with Crippen molar-refractivity contribution in [3.63, 3.8) is 0 Å². The zero-order valence-corrected chi connectivity index (χ0v) is 10.1. The molecule has 1 aliphatic heterocycles. The van der Waals surface area contributed by atoms with E-state index < -0.39 is 5.60 Å². The van der Waals surface area contributed by atoms with Crippen LogP contribution < -0.4 is 0 Å². The van der Waals surface area contributed by atoms with Crippen molar-refractivity contribution in [2.75, 3.05) is 18.1 Å². The van der Waals surface area contributed by atoms with E-state index in [1.807, 2.05) is 26.8 Å². The topological polar surface area (TPSA) is 53.3 Å². The van der Waals surface area contributed by atoms with Crippen molar-refractivity contribution in [2.24, 2.45) is 0 Å². The minimum atomic E-state index is -0.498. The van der Waals surface area contributed by atoms with Gasteiger partial charge in [-0.1, -0.05) is 0 Å². The van der Waals surface area contributed by atoms with Gasteiger partial charge in [0.05, 0.1) is 12.1 Å². The van der Waals surface area contributed by atoms with E-state index in [2.05, 4.69) is 0 Å². The van der Waals surface area contributed by atoms with Crippen LogP contribution in [-0.4, -0.2) is 40.7 Å². The summed E-state index contributed by atoms with van der Waals surface area (Å²) in [6.07, 6.45) is -0.380. The van der Waals surface area contributed by atoms with Crippen LogP contribution in [0.15, 0.2) is 0 Å².